The summed E-state index contributed by atoms with van der Waals surface area (Å²) in [5.74, 6) is -0.0954. The van der Waals surface area contributed by atoms with Crippen LogP contribution >= 0.6 is 11.3 Å². The molecule has 5 nitrogen and oxygen atoms in total. The third-order valence-corrected chi connectivity index (χ3v) is 3.51. The van der Waals surface area contributed by atoms with Gasteiger partial charge in [0.1, 0.15) is 5.01 Å². The molecule has 6 heteroatoms. The Morgan fingerprint density at radius 1 is 1.29 bits per heavy atom. The maximum Gasteiger partial charge on any atom is 0.231 e. The fourth-order valence-corrected chi connectivity index (χ4v) is 1.73. The van der Waals surface area contributed by atoms with Crippen LogP contribution in [0.3, 0.4) is 0 Å². The summed E-state index contributed by atoms with van der Waals surface area (Å²) in [6.07, 6.45) is 0. The summed E-state index contributed by atoms with van der Waals surface area (Å²) in [7, 11) is 0. The summed E-state index contributed by atoms with van der Waals surface area (Å²) in [5.41, 5.74) is -0.888. The lowest BCUT2D eigenvalue weighted by Gasteiger charge is -2.17. The van der Waals surface area contributed by atoms with Crippen LogP contribution in [0.1, 0.15) is 39.6 Å². The monoisotopic (exact) mass is 257 g/mol. The van der Waals surface area contributed by atoms with Crippen LogP contribution in [-0.4, -0.2) is 27.8 Å². The molecule has 1 heterocycles. The average Bonchev–Trinajstić information content (AvgIpc) is 2.65. The van der Waals surface area contributed by atoms with Crippen molar-refractivity contribution in [1.82, 2.24) is 10.2 Å². The molecule has 96 valence electrons. The van der Waals surface area contributed by atoms with Gasteiger partial charge in [0.05, 0.1) is 6.61 Å². The number of anilines is 1. The van der Waals surface area contributed by atoms with Gasteiger partial charge in [-0.1, -0.05) is 46.0 Å². The van der Waals surface area contributed by atoms with Crippen molar-refractivity contribution in [2.24, 2.45) is 5.41 Å². The van der Waals surface area contributed by atoms with Gasteiger partial charge in [0.2, 0.25) is 11.0 Å². The summed E-state index contributed by atoms with van der Waals surface area (Å²) in [6.45, 7) is 9.26. The summed E-state index contributed by atoms with van der Waals surface area (Å²) in [6, 6.07) is 0. The number of nitrogens with one attached hydrogen (secondary N) is 1. The van der Waals surface area contributed by atoms with Gasteiger partial charge in [-0.05, 0) is 0 Å². The fraction of sp³-hybridized carbons (Fsp3) is 0.727. The Morgan fingerprint density at radius 2 is 1.88 bits per heavy atom. The number of carbonyl (C=O) groups excluding carboxylic acids is 1. The molecule has 17 heavy (non-hydrogen) atoms. The van der Waals surface area contributed by atoms with Crippen LogP contribution in [0.4, 0.5) is 5.13 Å². The van der Waals surface area contributed by atoms with Crippen molar-refractivity contribution < 1.29 is 9.90 Å². The van der Waals surface area contributed by atoms with Crippen molar-refractivity contribution in [3.8, 4) is 0 Å². The van der Waals surface area contributed by atoms with Crippen LogP contribution < -0.4 is 5.32 Å². The van der Waals surface area contributed by atoms with Crippen molar-refractivity contribution in [3.63, 3.8) is 0 Å². The fourth-order valence-electron chi connectivity index (χ4n) is 0.899. The quantitative estimate of drug-likeness (QED) is 0.865. The van der Waals surface area contributed by atoms with Crippen molar-refractivity contribution in [2.45, 2.75) is 40.0 Å². The molecule has 0 aliphatic carbocycles. The number of carbonyl (C=O) groups is 1. The van der Waals surface area contributed by atoms with E-state index >= 15 is 0 Å². The Kier molecular flexibility index (Phi) is 3.88. The molecule has 0 aromatic carbocycles. The number of hydrogen-bond donors (Lipinski definition) is 2. The molecular formula is C11H19N3O2S. The minimum absolute atomic E-state index is 0.00511. The van der Waals surface area contributed by atoms with E-state index in [4.69, 9.17) is 0 Å². The molecule has 0 radical (unpaired) electrons. The van der Waals surface area contributed by atoms with E-state index in [-0.39, 0.29) is 12.5 Å². The van der Waals surface area contributed by atoms with E-state index in [0.717, 1.165) is 0 Å². The van der Waals surface area contributed by atoms with Gasteiger partial charge in [0.15, 0.2) is 0 Å². The highest BCUT2D eigenvalue weighted by atomic mass is 32.1. The molecule has 0 bridgehead atoms. The van der Waals surface area contributed by atoms with Gasteiger partial charge in [-0.2, -0.15) is 0 Å². The molecule has 0 saturated carbocycles. The van der Waals surface area contributed by atoms with Crippen LogP contribution in [0.25, 0.3) is 0 Å². The molecule has 0 unspecified atom stereocenters. The molecular weight excluding hydrogens is 238 g/mol. The molecule has 0 spiro atoms. The minimum Gasteiger partial charge on any atom is -0.395 e. The zero-order valence-corrected chi connectivity index (χ0v) is 11.7. The number of aliphatic hydroxyl groups excluding tert-OH is 1. The summed E-state index contributed by atoms with van der Waals surface area (Å²) < 4.78 is 0. The predicted molar refractivity (Wildman–Crippen MR) is 68.1 cm³/mol. The topological polar surface area (TPSA) is 75.1 Å². The third kappa shape index (κ3) is 3.47. The maximum absolute atomic E-state index is 11.7. The van der Waals surface area contributed by atoms with E-state index in [1.165, 1.54) is 11.3 Å². The third-order valence-electron chi connectivity index (χ3n) is 2.30. The SMILES string of the molecule is CC(C)(C)C(=O)Nc1nnc(C(C)(C)CO)s1. The Hall–Kier alpha value is -1.01. The first-order valence-electron chi connectivity index (χ1n) is 5.43. The van der Waals surface area contributed by atoms with Gasteiger partial charge < -0.3 is 10.4 Å². The van der Waals surface area contributed by atoms with Crippen LogP contribution in [0.2, 0.25) is 0 Å². The summed E-state index contributed by atoms with van der Waals surface area (Å²) >= 11 is 1.29. The molecule has 1 aromatic heterocycles. The van der Waals surface area contributed by atoms with Gasteiger partial charge in [-0.3, -0.25) is 4.79 Å². The molecule has 0 fully saturated rings. The highest BCUT2D eigenvalue weighted by Gasteiger charge is 2.26. The van der Waals surface area contributed by atoms with Gasteiger partial charge in [0.25, 0.3) is 0 Å². The number of aliphatic hydroxyl groups is 1. The normalized spacial score (nSPS) is 12.6. The van der Waals surface area contributed by atoms with E-state index in [0.29, 0.717) is 10.1 Å². The van der Waals surface area contributed by atoms with Crippen molar-refractivity contribution >= 4 is 22.4 Å². The van der Waals surface area contributed by atoms with Gasteiger partial charge >= 0.3 is 0 Å². The Labute approximate surface area is 105 Å². The van der Waals surface area contributed by atoms with Gasteiger partial charge in [0, 0.05) is 10.8 Å². The van der Waals surface area contributed by atoms with Crippen LogP contribution in [0.5, 0.6) is 0 Å². The molecule has 1 amide bonds. The summed E-state index contributed by atoms with van der Waals surface area (Å²) in [4.78, 5) is 11.7. The highest BCUT2D eigenvalue weighted by Crippen LogP contribution is 2.28. The van der Waals surface area contributed by atoms with Crippen molar-refractivity contribution in [1.29, 1.82) is 0 Å². The van der Waals surface area contributed by atoms with Crippen LogP contribution in [0.15, 0.2) is 0 Å². The second-order valence-electron chi connectivity index (χ2n) is 5.66. The summed E-state index contributed by atoms with van der Waals surface area (Å²) in [5, 5.41) is 21.0. The lowest BCUT2D eigenvalue weighted by Crippen LogP contribution is -2.27. The number of amides is 1. The Bertz CT molecular complexity index is 407. The minimum atomic E-state index is -0.460. The highest BCUT2D eigenvalue weighted by molar-refractivity contribution is 7.15. The molecule has 0 atom stereocenters. The van der Waals surface area contributed by atoms with Crippen molar-refractivity contribution in [3.05, 3.63) is 5.01 Å². The van der Waals surface area contributed by atoms with Gasteiger partial charge in [-0.15, -0.1) is 10.2 Å². The zero-order valence-electron chi connectivity index (χ0n) is 10.9. The Morgan fingerprint density at radius 3 is 2.35 bits per heavy atom. The van der Waals surface area contributed by atoms with Crippen molar-refractivity contribution in [2.75, 3.05) is 11.9 Å². The van der Waals surface area contributed by atoms with Crippen LogP contribution in [0, 0.1) is 5.41 Å². The van der Waals surface area contributed by atoms with E-state index in [9.17, 15) is 9.90 Å². The second kappa shape index (κ2) is 4.70. The number of rotatable bonds is 3. The largest absolute Gasteiger partial charge is 0.395 e. The second-order valence-corrected chi connectivity index (χ2v) is 6.64. The molecule has 1 aromatic rings. The number of hydrogen-bond acceptors (Lipinski definition) is 5. The molecule has 1 rings (SSSR count). The molecule has 0 aliphatic rings. The lowest BCUT2D eigenvalue weighted by atomic mass is 9.96. The maximum atomic E-state index is 11.7. The number of aromatic nitrogens is 2. The van der Waals surface area contributed by atoms with Gasteiger partial charge in [-0.25, -0.2) is 0 Å². The first-order chi connectivity index (χ1) is 7.66. The average molecular weight is 257 g/mol. The smallest absolute Gasteiger partial charge is 0.231 e. The van der Waals surface area contributed by atoms with E-state index in [2.05, 4.69) is 15.5 Å². The van der Waals surface area contributed by atoms with Crippen LogP contribution in [-0.2, 0) is 10.2 Å². The first kappa shape index (κ1) is 14.1. The standard InChI is InChI=1S/C11H19N3O2S/c1-10(2,3)7(16)12-9-14-13-8(17-9)11(4,5)6-15/h15H,6H2,1-5H3,(H,12,14,16). The first-order valence-corrected chi connectivity index (χ1v) is 6.25. The number of nitrogens with zero attached hydrogens (tertiary/aromatic N) is 2. The predicted octanol–water partition coefficient (Wildman–Crippen LogP) is 1.79. The molecule has 0 saturated heterocycles. The molecule has 2 N–H and O–H groups in total. The molecule has 0 aliphatic heterocycles. The van der Waals surface area contributed by atoms with E-state index < -0.39 is 10.8 Å². The van der Waals surface area contributed by atoms with E-state index in [1.54, 1.807) is 0 Å². The Balaban J connectivity index is 2.80. The van der Waals surface area contributed by atoms with E-state index in [1.807, 2.05) is 34.6 Å². The zero-order chi connectivity index (χ0) is 13.3. The lowest BCUT2D eigenvalue weighted by molar-refractivity contribution is -0.123.